The molecule has 1 heterocycles. The molecule has 1 saturated heterocycles. The van der Waals surface area contributed by atoms with Gasteiger partial charge in [-0.1, -0.05) is 0 Å². The Morgan fingerprint density at radius 3 is 2.16 bits per heavy atom. The largest absolute Gasteiger partial charge is 0.300 e. The normalized spacial score (nSPS) is 21.0. The molecule has 110 valence electrons. The SMILES string of the molecule is CC(C#N)N1CCN(CCS(=O)(=O)C(C)(C)C)CC1. The maximum absolute atomic E-state index is 12.0. The second kappa shape index (κ2) is 6.21. The van der Waals surface area contributed by atoms with Crippen LogP contribution in [0.15, 0.2) is 0 Å². The number of hydrogen-bond acceptors (Lipinski definition) is 5. The van der Waals surface area contributed by atoms with Gasteiger partial charge < -0.3 is 0 Å². The van der Waals surface area contributed by atoms with Crippen molar-refractivity contribution in [3.8, 4) is 6.07 Å². The van der Waals surface area contributed by atoms with Gasteiger partial charge in [0.1, 0.15) is 0 Å². The number of rotatable bonds is 4. The first-order chi connectivity index (χ1) is 8.67. The lowest BCUT2D eigenvalue weighted by molar-refractivity contribution is 0.124. The maximum Gasteiger partial charge on any atom is 0.156 e. The zero-order chi connectivity index (χ0) is 14.7. The Morgan fingerprint density at radius 1 is 1.21 bits per heavy atom. The lowest BCUT2D eigenvalue weighted by atomic mass is 10.2. The molecule has 0 aromatic rings. The van der Waals surface area contributed by atoms with Gasteiger partial charge in [-0.15, -0.1) is 0 Å². The number of nitriles is 1. The topological polar surface area (TPSA) is 64.4 Å². The monoisotopic (exact) mass is 287 g/mol. The van der Waals surface area contributed by atoms with Crippen molar-refractivity contribution in [1.29, 1.82) is 5.26 Å². The van der Waals surface area contributed by atoms with Gasteiger partial charge in [-0.05, 0) is 27.7 Å². The molecule has 0 radical (unpaired) electrons. The summed E-state index contributed by atoms with van der Waals surface area (Å²) < 4.78 is 23.4. The van der Waals surface area contributed by atoms with Crippen LogP contribution in [-0.2, 0) is 9.84 Å². The van der Waals surface area contributed by atoms with Crippen LogP contribution in [0, 0.1) is 11.3 Å². The molecular formula is C13H25N3O2S. The zero-order valence-electron chi connectivity index (χ0n) is 12.4. The number of piperazine rings is 1. The summed E-state index contributed by atoms with van der Waals surface area (Å²) in [7, 11) is -3.04. The Hall–Kier alpha value is -0.640. The average Bonchev–Trinajstić information content (AvgIpc) is 2.35. The summed E-state index contributed by atoms with van der Waals surface area (Å²) in [5, 5.41) is 8.87. The van der Waals surface area contributed by atoms with Crippen molar-refractivity contribution >= 4 is 9.84 Å². The summed E-state index contributed by atoms with van der Waals surface area (Å²) in [6, 6.07) is 2.18. The molecule has 5 nitrogen and oxygen atoms in total. The molecule has 0 N–H and O–H groups in total. The van der Waals surface area contributed by atoms with Crippen LogP contribution in [0.25, 0.3) is 0 Å². The third kappa shape index (κ3) is 4.44. The second-order valence-corrected chi connectivity index (χ2v) is 8.98. The van der Waals surface area contributed by atoms with Crippen LogP contribution < -0.4 is 0 Å². The van der Waals surface area contributed by atoms with E-state index in [0.29, 0.717) is 6.54 Å². The van der Waals surface area contributed by atoms with E-state index in [2.05, 4.69) is 15.9 Å². The average molecular weight is 287 g/mol. The van der Waals surface area contributed by atoms with Crippen molar-refractivity contribution in [2.75, 3.05) is 38.5 Å². The van der Waals surface area contributed by atoms with Crippen LogP contribution in [0.5, 0.6) is 0 Å². The summed E-state index contributed by atoms with van der Waals surface area (Å²) in [6.45, 7) is 11.1. The van der Waals surface area contributed by atoms with Crippen LogP contribution in [0.3, 0.4) is 0 Å². The van der Waals surface area contributed by atoms with Gasteiger partial charge in [-0.25, -0.2) is 8.42 Å². The highest BCUT2D eigenvalue weighted by Gasteiger charge is 2.29. The molecule has 1 atom stereocenters. The predicted octanol–water partition coefficient (Wildman–Crippen LogP) is 0.729. The van der Waals surface area contributed by atoms with Crippen molar-refractivity contribution in [2.24, 2.45) is 0 Å². The minimum absolute atomic E-state index is 0.0551. The minimum atomic E-state index is -3.04. The second-order valence-electron chi connectivity index (χ2n) is 6.11. The van der Waals surface area contributed by atoms with Gasteiger partial charge in [0.05, 0.1) is 22.6 Å². The van der Waals surface area contributed by atoms with Gasteiger partial charge in [-0.3, -0.25) is 9.80 Å². The van der Waals surface area contributed by atoms with E-state index >= 15 is 0 Å². The molecule has 0 amide bonds. The Morgan fingerprint density at radius 2 is 1.74 bits per heavy atom. The molecular weight excluding hydrogens is 262 g/mol. The lowest BCUT2D eigenvalue weighted by Gasteiger charge is -2.36. The van der Waals surface area contributed by atoms with Crippen molar-refractivity contribution < 1.29 is 8.42 Å². The fourth-order valence-corrected chi connectivity index (χ4v) is 3.12. The standard InChI is InChI=1S/C13H25N3O2S/c1-12(11-14)16-7-5-15(6-8-16)9-10-19(17,18)13(2,3)4/h12H,5-10H2,1-4H3. The molecule has 0 aliphatic carbocycles. The van der Waals surface area contributed by atoms with Crippen molar-refractivity contribution in [3.63, 3.8) is 0 Å². The molecule has 0 aromatic heterocycles. The molecule has 1 unspecified atom stereocenters. The molecule has 1 aliphatic heterocycles. The van der Waals surface area contributed by atoms with E-state index in [1.54, 1.807) is 20.8 Å². The van der Waals surface area contributed by atoms with E-state index in [9.17, 15) is 8.42 Å². The highest BCUT2D eigenvalue weighted by atomic mass is 32.2. The minimum Gasteiger partial charge on any atom is -0.300 e. The van der Waals surface area contributed by atoms with E-state index < -0.39 is 14.6 Å². The van der Waals surface area contributed by atoms with E-state index in [4.69, 9.17) is 5.26 Å². The quantitative estimate of drug-likeness (QED) is 0.762. The van der Waals surface area contributed by atoms with E-state index in [0.717, 1.165) is 26.2 Å². The fraction of sp³-hybridized carbons (Fsp3) is 0.923. The van der Waals surface area contributed by atoms with Gasteiger partial charge in [0.15, 0.2) is 9.84 Å². The molecule has 1 aliphatic rings. The van der Waals surface area contributed by atoms with Crippen LogP contribution >= 0.6 is 0 Å². The molecule has 1 fully saturated rings. The first kappa shape index (κ1) is 16.4. The van der Waals surface area contributed by atoms with Crippen LogP contribution in [0.2, 0.25) is 0 Å². The number of hydrogen-bond donors (Lipinski definition) is 0. The smallest absolute Gasteiger partial charge is 0.156 e. The molecule has 1 rings (SSSR count). The van der Waals surface area contributed by atoms with E-state index in [-0.39, 0.29) is 11.8 Å². The Bertz CT molecular complexity index is 426. The van der Waals surface area contributed by atoms with Crippen LogP contribution in [0.1, 0.15) is 27.7 Å². The summed E-state index contributed by atoms with van der Waals surface area (Å²) >= 11 is 0. The van der Waals surface area contributed by atoms with Gasteiger partial charge in [0, 0.05) is 32.7 Å². The van der Waals surface area contributed by atoms with Crippen molar-refractivity contribution in [1.82, 2.24) is 9.80 Å². The van der Waals surface area contributed by atoms with Gasteiger partial charge >= 0.3 is 0 Å². The van der Waals surface area contributed by atoms with Gasteiger partial charge in [-0.2, -0.15) is 5.26 Å². The molecule has 0 spiro atoms. The third-order valence-electron chi connectivity index (χ3n) is 3.75. The van der Waals surface area contributed by atoms with Crippen LogP contribution in [-0.4, -0.2) is 67.5 Å². The molecule has 6 heteroatoms. The van der Waals surface area contributed by atoms with Crippen LogP contribution in [0.4, 0.5) is 0 Å². The maximum atomic E-state index is 12.0. The molecule has 19 heavy (non-hydrogen) atoms. The molecule has 0 saturated carbocycles. The third-order valence-corrected chi connectivity index (χ3v) is 6.34. The van der Waals surface area contributed by atoms with Gasteiger partial charge in [0.25, 0.3) is 0 Å². The number of nitrogens with zero attached hydrogens (tertiary/aromatic N) is 3. The Labute approximate surface area is 117 Å². The Kier molecular flexibility index (Phi) is 5.36. The predicted molar refractivity (Wildman–Crippen MR) is 76.6 cm³/mol. The summed E-state index contributed by atoms with van der Waals surface area (Å²) in [5.74, 6) is 0.213. The van der Waals surface area contributed by atoms with E-state index in [1.165, 1.54) is 0 Å². The summed E-state index contributed by atoms with van der Waals surface area (Å²) in [4.78, 5) is 4.30. The summed E-state index contributed by atoms with van der Waals surface area (Å²) in [6.07, 6.45) is 0. The molecule has 0 bridgehead atoms. The first-order valence-corrected chi connectivity index (χ1v) is 8.41. The highest BCUT2D eigenvalue weighted by molar-refractivity contribution is 7.92. The zero-order valence-corrected chi connectivity index (χ0v) is 13.2. The van der Waals surface area contributed by atoms with Crippen molar-refractivity contribution in [2.45, 2.75) is 38.5 Å². The summed E-state index contributed by atoms with van der Waals surface area (Å²) in [5.41, 5.74) is 0. The van der Waals surface area contributed by atoms with E-state index in [1.807, 2.05) is 6.92 Å². The Balaban J connectivity index is 2.41. The lowest BCUT2D eigenvalue weighted by Crippen LogP contribution is -2.50. The fourth-order valence-electron chi connectivity index (χ4n) is 2.01. The first-order valence-electron chi connectivity index (χ1n) is 6.76. The number of sulfone groups is 1. The van der Waals surface area contributed by atoms with Crippen molar-refractivity contribution in [3.05, 3.63) is 0 Å². The van der Waals surface area contributed by atoms with Gasteiger partial charge in [0.2, 0.25) is 0 Å². The molecule has 0 aromatic carbocycles. The highest BCUT2D eigenvalue weighted by Crippen LogP contribution is 2.16.